The topological polar surface area (TPSA) is 32.7 Å². The molecule has 0 saturated heterocycles. The van der Waals surface area contributed by atoms with Crippen LogP contribution in [0.25, 0.3) is 0 Å². The van der Waals surface area contributed by atoms with Crippen molar-refractivity contribution in [2.45, 2.75) is 31.8 Å². The van der Waals surface area contributed by atoms with Crippen LogP contribution in [0.2, 0.25) is 0 Å². The summed E-state index contributed by atoms with van der Waals surface area (Å²) in [4.78, 5) is 5.67. The van der Waals surface area contributed by atoms with Crippen LogP contribution in [0.4, 0.5) is 24.5 Å². The molecule has 134 valence electrons. The number of nitrogens with zero attached hydrogens (tertiary/aromatic N) is 1. The van der Waals surface area contributed by atoms with E-state index in [0.717, 1.165) is 26.3 Å². The number of hydrogen-bond donors (Lipinski definition) is 1. The number of aliphatic hydroxyl groups is 1. The van der Waals surface area contributed by atoms with Crippen LogP contribution in [0.15, 0.2) is 30.3 Å². The standard InChI is InChI=1S/C18H17F3INO2/c1-11-10-12(22)2-4-14(11)23(25-9-8-18(24)6-7-18)15-5-3-13(19)16(20)17(15)21/h2-5,10,24H,6-9H2,1H3. The predicted octanol–water partition coefficient (Wildman–Crippen LogP) is 5.00. The molecule has 3 rings (SSSR count). The molecule has 2 aromatic rings. The molecule has 1 aliphatic carbocycles. The van der Waals surface area contributed by atoms with Crippen LogP contribution in [-0.2, 0) is 4.84 Å². The summed E-state index contributed by atoms with van der Waals surface area (Å²) in [6, 6.07) is 7.41. The Morgan fingerprint density at radius 3 is 2.44 bits per heavy atom. The van der Waals surface area contributed by atoms with Crippen molar-refractivity contribution >= 4 is 34.0 Å². The van der Waals surface area contributed by atoms with Crippen molar-refractivity contribution in [2.75, 3.05) is 11.7 Å². The zero-order valence-electron chi connectivity index (χ0n) is 13.5. The first-order chi connectivity index (χ1) is 11.8. The van der Waals surface area contributed by atoms with Crippen LogP contribution in [0, 0.1) is 27.9 Å². The molecule has 25 heavy (non-hydrogen) atoms. The van der Waals surface area contributed by atoms with Gasteiger partial charge in [-0.25, -0.2) is 18.2 Å². The SMILES string of the molecule is Cc1cc(I)ccc1N(OCCC1(O)CC1)c1ccc(F)c(F)c1F. The van der Waals surface area contributed by atoms with Gasteiger partial charge in [-0.15, -0.1) is 0 Å². The summed E-state index contributed by atoms with van der Waals surface area (Å²) in [6.45, 7) is 1.94. The first-order valence-electron chi connectivity index (χ1n) is 7.86. The fraction of sp³-hybridized carbons (Fsp3) is 0.333. The van der Waals surface area contributed by atoms with E-state index in [1.165, 1.54) is 0 Å². The van der Waals surface area contributed by atoms with Gasteiger partial charge in [0, 0.05) is 9.99 Å². The molecule has 2 aromatic carbocycles. The first-order valence-corrected chi connectivity index (χ1v) is 8.94. The number of hydrogen-bond acceptors (Lipinski definition) is 3. The lowest BCUT2D eigenvalue weighted by Gasteiger charge is -2.26. The highest BCUT2D eigenvalue weighted by atomic mass is 127. The molecule has 0 unspecified atom stereocenters. The molecule has 0 spiro atoms. The van der Waals surface area contributed by atoms with E-state index in [0.29, 0.717) is 24.9 Å². The van der Waals surface area contributed by atoms with Crippen molar-refractivity contribution in [3.05, 3.63) is 56.9 Å². The summed E-state index contributed by atoms with van der Waals surface area (Å²) < 4.78 is 42.2. The van der Waals surface area contributed by atoms with Crippen molar-refractivity contribution in [1.29, 1.82) is 0 Å². The van der Waals surface area contributed by atoms with Gasteiger partial charge in [-0.1, -0.05) is 0 Å². The second kappa shape index (κ2) is 7.13. The minimum Gasteiger partial charge on any atom is -0.390 e. The monoisotopic (exact) mass is 463 g/mol. The fourth-order valence-corrected chi connectivity index (χ4v) is 3.16. The van der Waals surface area contributed by atoms with Crippen molar-refractivity contribution in [3.8, 4) is 0 Å². The Morgan fingerprint density at radius 1 is 1.12 bits per heavy atom. The van der Waals surface area contributed by atoms with E-state index in [9.17, 15) is 18.3 Å². The quantitative estimate of drug-likeness (QED) is 0.372. The van der Waals surface area contributed by atoms with Crippen LogP contribution in [0.1, 0.15) is 24.8 Å². The molecule has 0 atom stereocenters. The van der Waals surface area contributed by atoms with E-state index in [2.05, 4.69) is 22.6 Å². The summed E-state index contributed by atoms with van der Waals surface area (Å²) >= 11 is 2.15. The van der Waals surface area contributed by atoms with Gasteiger partial charge in [-0.2, -0.15) is 0 Å². The van der Waals surface area contributed by atoms with E-state index in [-0.39, 0.29) is 12.3 Å². The van der Waals surface area contributed by atoms with Crippen LogP contribution in [-0.4, -0.2) is 17.3 Å². The fourth-order valence-electron chi connectivity index (χ4n) is 2.51. The molecule has 1 aliphatic rings. The molecule has 1 saturated carbocycles. The van der Waals surface area contributed by atoms with E-state index in [1.807, 2.05) is 19.1 Å². The third-order valence-corrected chi connectivity index (χ3v) is 4.90. The molecule has 0 aromatic heterocycles. The van der Waals surface area contributed by atoms with Crippen molar-refractivity contribution in [1.82, 2.24) is 0 Å². The van der Waals surface area contributed by atoms with E-state index < -0.39 is 23.1 Å². The summed E-state index contributed by atoms with van der Waals surface area (Å²) in [5.41, 5.74) is 0.375. The van der Waals surface area contributed by atoms with Crippen LogP contribution >= 0.6 is 22.6 Å². The molecule has 1 N–H and O–H groups in total. The average molecular weight is 463 g/mol. The second-order valence-electron chi connectivity index (χ2n) is 6.23. The molecule has 0 radical (unpaired) electrons. The molecule has 0 aliphatic heterocycles. The maximum absolute atomic E-state index is 14.3. The highest BCUT2D eigenvalue weighted by molar-refractivity contribution is 14.1. The van der Waals surface area contributed by atoms with Gasteiger partial charge in [0.25, 0.3) is 0 Å². The highest BCUT2D eigenvalue weighted by Crippen LogP contribution is 2.39. The Kier molecular flexibility index (Phi) is 5.26. The van der Waals surface area contributed by atoms with Gasteiger partial charge in [0.1, 0.15) is 5.69 Å². The van der Waals surface area contributed by atoms with E-state index in [4.69, 9.17) is 4.84 Å². The largest absolute Gasteiger partial charge is 0.390 e. The number of benzene rings is 2. The Balaban J connectivity index is 1.94. The summed E-state index contributed by atoms with van der Waals surface area (Å²) in [5, 5.41) is 11.1. The first kappa shape index (κ1) is 18.5. The molecule has 0 amide bonds. The van der Waals surface area contributed by atoms with Gasteiger partial charge in [-0.3, -0.25) is 4.84 Å². The van der Waals surface area contributed by atoms with Gasteiger partial charge in [0.15, 0.2) is 17.5 Å². The number of anilines is 2. The second-order valence-corrected chi connectivity index (χ2v) is 7.47. The summed E-state index contributed by atoms with van der Waals surface area (Å²) in [5.74, 6) is -4.12. The number of rotatable bonds is 6. The Labute approximate surface area is 157 Å². The minimum absolute atomic E-state index is 0.125. The van der Waals surface area contributed by atoms with Crippen LogP contribution < -0.4 is 5.06 Å². The minimum atomic E-state index is -1.55. The van der Waals surface area contributed by atoms with E-state index >= 15 is 0 Å². The molecule has 0 bridgehead atoms. The van der Waals surface area contributed by atoms with Crippen molar-refractivity contribution in [3.63, 3.8) is 0 Å². The van der Waals surface area contributed by atoms with Gasteiger partial charge in [0.2, 0.25) is 0 Å². The zero-order valence-corrected chi connectivity index (χ0v) is 15.7. The molecule has 7 heteroatoms. The van der Waals surface area contributed by atoms with Gasteiger partial charge < -0.3 is 5.11 Å². The summed E-state index contributed by atoms with van der Waals surface area (Å²) in [6.07, 6.45) is 1.80. The zero-order chi connectivity index (χ0) is 18.2. The molecular formula is C18H17F3INO2. The lowest BCUT2D eigenvalue weighted by molar-refractivity contribution is 0.0686. The lowest BCUT2D eigenvalue weighted by atomic mass is 10.2. The average Bonchev–Trinajstić information content (AvgIpc) is 3.29. The van der Waals surface area contributed by atoms with Gasteiger partial charge >= 0.3 is 0 Å². The van der Waals surface area contributed by atoms with Crippen LogP contribution in [0.3, 0.4) is 0 Å². The molecule has 1 fully saturated rings. The maximum atomic E-state index is 14.3. The highest BCUT2D eigenvalue weighted by Gasteiger charge is 2.40. The van der Waals surface area contributed by atoms with Crippen molar-refractivity contribution in [2.24, 2.45) is 0 Å². The van der Waals surface area contributed by atoms with Crippen LogP contribution in [0.5, 0.6) is 0 Å². The Hall–Kier alpha value is -1.32. The number of halogens is 4. The lowest BCUT2D eigenvalue weighted by Crippen LogP contribution is -2.23. The summed E-state index contributed by atoms with van der Waals surface area (Å²) in [7, 11) is 0. The predicted molar refractivity (Wildman–Crippen MR) is 97.1 cm³/mol. The molecular weight excluding hydrogens is 446 g/mol. The third-order valence-electron chi connectivity index (χ3n) is 4.23. The maximum Gasteiger partial charge on any atom is 0.196 e. The van der Waals surface area contributed by atoms with Gasteiger partial charge in [-0.05, 0) is 78.3 Å². The van der Waals surface area contributed by atoms with E-state index in [1.54, 1.807) is 6.07 Å². The van der Waals surface area contributed by atoms with Crippen molar-refractivity contribution < 1.29 is 23.1 Å². The number of aryl methyl sites for hydroxylation is 1. The smallest absolute Gasteiger partial charge is 0.196 e. The normalized spacial score (nSPS) is 15.3. The Morgan fingerprint density at radius 2 is 1.80 bits per heavy atom. The Bertz CT molecular complexity index is 796. The van der Waals surface area contributed by atoms with Gasteiger partial charge in [0.05, 0.1) is 17.9 Å². The third kappa shape index (κ3) is 4.09. The molecule has 0 heterocycles. The molecule has 3 nitrogen and oxygen atoms in total.